The van der Waals surface area contributed by atoms with Crippen LogP contribution in [-0.4, -0.2) is 37.2 Å². The van der Waals surface area contributed by atoms with E-state index in [-0.39, 0.29) is 31.1 Å². The third-order valence-corrected chi connectivity index (χ3v) is 12.0. The maximum Gasteiger partial charge on any atom is 0.306 e. The molecule has 0 N–H and O–H groups in total. The Kier molecular flexibility index (Phi) is 57.5. The molecule has 0 aromatic heterocycles. The third kappa shape index (κ3) is 59.8. The zero-order valence-corrected chi connectivity index (χ0v) is 48.0. The molecule has 0 aliphatic rings. The van der Waals surface area contributed by atoms with E-state index in [4.69, 9.17) is 14.2 Å². The fourth-order valence-electron chi connectivity index (χ4n) is 7.60. The summed E-state index contributed by atoms with van der Waals surface area (Å²) < 4.78 is 16.7. The summed E-state index contributed by atoms with van der Waals surface area (Å²) in [4.78, 5) is 37.9. The summed E-state index contributed by atoms with van der Waals surface area (Å²) in [6, 6.07) is 0. The number of unbranched alkanes of at least 4 members (excludes halogenated alkanes) is 15. The van der Waals surface area contributed by atoms with Crippen LogP contribution in [0.5, 0.6) is 0 Å². The van der Waals surface area contributed by atoms with Crippen molar-refractivity contribution in [1.82, 2.24) is 0 Å². The predicted octanol–water partition coefficient (Wildman–Crippen LogP) is 20.5. The molecule has 1 unspecified atom stereocenters. The lowest BCUT2D eigenvalue weighted by Gasteiger charge is -2.18. The molecule has 0 spiro atoms. The van der Waals surface area contributed by atoms with Gasteiger partial charge in [-0.1, -0.05) is 249 Å². The van der Waals surface area contributed by atoms with Crippen molar-refractivity contribution in [2.45, 2.75) is 245 Å². The van der Waals surface area contributed by atoms with Gasteiger partial charge in [-0.15, -0.1) is 0 Å². The zero-order valence-electron chi connectivity index (χ0n) is 48.0. The van der Waals surface area contributed by atoms with E-state index in [1.54, 1.807) is 0 Å². The predicted molar refractivity (Wildman–Crippen MR) is 325 cm³/mol. The SMILES string of the molecule is CC/C=C\C/C=C\C/C=C\C/C=C\C/C=C\C/C=C\C/C=C\C/C=C\CCCCC(=O)OCC(COC(=O)CCCCCCC)OC(=O)CCCCCCCCCCC/C=C\C/C=C\C/C=C\C/C=C\C/C=C\CC. The number of hydrogen-bond donors (Lipinski definition) is 0. The first-order valence-electron chi connectivity index (χ1n) is 30.0. The van der Waals surface area contributed by atoms with Crippen LogP contribution in [0, 0.1) is 0 Å². The molecule has 6 heteroatoms. The third-order valence-electron chi connectivity index (χ3n) is 12.0. The molecule has 0 saturated heterocycles. The van der Waals surface area contributed by atoms with Crippen LogP contribution >= 0.6 is 0 Å². The van der Waals surface area contributed by atoms with Crippen molar-refractivity contribution in [3.8, 4) is 0 Å². The first-order valence-corrected chi connectivity index (χ1v) is 30.0. The molecule has 0 rings (SSSR count). The Morgan fingerprint density at radius 3 is 0.840 bits per heavy atom. The van der Waals surface area contributed by atoms with E-state index in [2.05, 4.69) is 179 Å². The molecule has 0 saturated carbocycles. The van der Waals surface area contributed by atoms with Crippen molar-refractivity contribution in [3.63, 3.8) is 0 Å². The highest BCUT2D eigenvalue weighted by Gasteiger charge is 2.19. The van der Waals surface area contributed by atoms with Crippen LogP contribution in [0.3, 0.4) is 0 Å². The van der Waals surface area contributed by atoms with E-state index < -0.39 is 6.10 Å². The summed E-state index contributed by atoms with van der Waals surface area (Å²) in [6.45, 7) is 6.27. The number of allylic oxidation sites excluding steroid dienone is 26. The lowest BCUT2D eigenvalue weighted by molar-refractivity contribution is -0.167. The molecule has 0 fully saturated rings. The molecule has 0 amide bonds. The first kappa shape index (κ1) is 70.0. The van der Waals surface area contributed by atoms with Crippen LogP contribution in [0.2, 0.25) is 0 Å². The molecule has 0 aliphatic heterocycles. The quantitative estimate of drug-likeness (QED) is 0.0261. The number of ether oxygens (including phenoxy) is 3. The van der Waals surface area contributed by atoms with Gasteiger partial charge in [-0.3, -0.25) is 14.4 Å². The lowest BCUT2D eigenvalue weighted by atomic mass is 10.1. The fraction of sp³-hybridized carbons (Fsp3) is 0.580. The van der Waals surface area contributed by atoms with Gasteiger partial charge in [0, 0.05) is 19.3 Å². The van der Waals surface area contributed by atoms with E-state index >= 15 is 0 Å². The Hall–Kier alpha value is -4.97. The van der Waals surface area contributed by atoms with E-state index in [1.807, 2.05) is 0 Å². The summed E-state index contributed by atoms with van der Waals surface area (Å²) in [5.74, 6) is -0.975. The maximum absolute atomic E-state index is 12.8. The number of hydrogen-bond acceptors (Lipinski definition) is 6. The Labute approximate surface area is 460 Å². The number of esters is 3. The van der Waals surface area contributed by atoms with Crippen LogP contribution in [0.4, 0.5) is 0 Å². The van der Waals surface area contributed by atoms with Gasteiger partial charge in [0.1, 0.15) is 13.2 Å². The summed E-state index contributed by atoms with van der Waals surface area (Å²) in [5.41, 5.74) is 0. The Bertz CT molecular complexity index is 1710. The summed E-state index contributed by atoms with van der Waals surface area (Å²) >= 11 is 0. The van der Waals surface area contributed by atoms with Crippen LogP contribution in [-0.2, 0) is 28.6 Å². The van der Waals surface area contributed by atoms with E-state index in [9.17, 15) is 14.4 Å². The van der Waals surface area contributed by atoms with Crippen molar-refractivity contribution in [2.75, 3.05) is 13.2 Å². The highest BCUT2D eigenvalue weighted by molar-refractivity contribution is 5.71. The van der Waals surface area contributed by atoms with Crippen molar-refractivity contribution in [3.05, 3.63) is 158 Å². The average Bonchev–Trinajstić information content (AvgIpc) is 3.41. The number of carbonyl (C=O) groups excluding carboxylic acids is 3. The fourth-order valence-corrected chi connectivity index (χ4v) is 7.60. The standard InChI is InChI=1S/C69H108O6/c1-4-7-10-13-15-17-19-21-23-25-27-29-31-33-34-36-37-39-41-43-45-47-49-51-53-56-59-62-68(71)74-65-66(64-73-67(70)61-58-55-12-9-6-3)75-69(72)63-60-57-54-52-50-48-46-44-42-40-38-35-32-30-28-26-24-22-20-18-16-14-11-8-5-2/h7-8,10-11,15-18,21-24,27-30,33-35,37-39,43,45,49,51,66H,4-6,9,12-14,19-20,25-26,31-32,36,40-42,44,46-48,50,52-65H2,1-3H3/b10-7-,11-8-,17-15-,18-16-,23-21-,24-22-,29-27-,30-28-,34-33-,38-35-,39-37-,45-43-,51-49-. The van der Waals surface area contributed by atoms with Crippen molar-refractivity contribution >= 4 is 17.9 Å². The maximum atomic E-state index is 12.8. The lowest BCUT2D eigenvalue weighted by Crippen LogP contribution is -2.30. The van der Waals surface area contributed by atoms with Gasteiger partial charge in [-0.25, -0.2) is 0 Å². The molecule has 1 atom stereocenters. The number of carbonyl (C=O) groups is 3. The minimum Gasteiger partial charge on any atom is -0.462 e. The summed E-state index contributed by atoms with van der Waals surface area (Å²) in [7, 11) is 0. The molecule has 420 valence electrons. The summed E-state index contributed by atoms with van der Waals surface area (Å²) in [5, 5.41) is 0. The van der Waals surface area contributed by atoms with Gasteiger partial charge in [0.05, 0.1) is 0 Å². The van der Waals surface area contributed by atoms with Crippen LogP contribution in [0.15, 0.2) is 158 Å². The molecule has 0 aromatic rings. The average molecular weight is 1030 g/mol. The molecular weight excluding hydrogens is 925 g/mol. The second kappa shape index (κ2) is 61.6. The minimum atomic E-state index is -0.804. The van der Waals surface area contributed by atoms with Gasteiger partial charge in [-0.05, 0) is 128 Å². The van der Waals surface area contributed by atoms with Crippen LogP contribution in [0.25, 0.3) is 0 Å². The molecule has 0 heterocycles. The molecular formula is C69H108O6. The van der Waals surface area contributed by atoms with E-state index in [1.165, 1.54) is 38.5 Å². The van der Waals surface area contributed by atoms with Gasteiger partial charge in [0.2, 0.25) is 0 Å². The van der Waals surface area contributed by atoms with Gasteiger partial charge >= 0.3 is 17.9 Å². The van der Waals surface area contributed by atoms with Gasteiger partial charge in [-0.2, -0.15) is 0 Å². The smallest absolute Gasteiger partial charge is 0.306 e. The van der Waals surface area contributed by atoms with Gasteiger partial charge < -0.3 is 14.2 Å². The highest BCUT2D eigenvalue weighted by atomic mass is 16.6. The second-order valence-corrected chi connectivity index (χ2v) is 19.1. The van der Waals surface area contributed by atoms with Crippen LogP contribution in [0.1, 0.15) is 239 Å². The molecule has 75 heavy (non-hydrogen) atoms. The minimum absolute atomic E-state index is 0.101. The first-order chi connectivity index (χ1) is 37.0. The van der Waals surface area contributed by atoms with Crippen molar-refractivity contribution in [1.29, 1.82) is 0 Å². The normalized spacial score (nSPS) is 13.3. The highest BCUT2D eigenvalue weighted by Crippen LogP contribution is 2.14. The number of rotatable bonds is 52. The van der Waals surface area contributed by atoms with Crippen LogP contribution < -0.4 is 0 Å². The Morgan fingerprint density at radius 2 is 0.520 bits per heavy atom. The molecule has 0 bridgehead atoms. The Balaban J connectivity index is 4.23. The van der Waals surface area contributed by atoms with Crippen molar-refractivity contribution < 1.29 is 28.6 Å². The zero-order chi connectivity index (χ0) is 54.3. The molecule has 0 aromatic carbocycles. The topological polar surface area (TPSA) is 78.9 Å². The second-order valence-electron chi connectivity index (χ2n) is 19.1. The largest absolute Gasteiger partial charge is 0.462 e. The summed E-state index contributed by atoms with van der Waals surface area (Å²) in [6.07, 6.45) is 90.0. The van der Waals surface area contributed by atoms with E-state index in [0.717, 1.165) is 154 Å². The molecule has 0 radical (unpaired) electrons. The van der Waals surface area contributed by atoms with Gasteiger partial charge in [0.15, 0.2) is 6.10 Å². The Morgan fingerprint density at radius 1 is 0.280 bits per heavy atom. The molecule has 6 nitrogen and oxygen atoms in total. The molecule has 0 aliphatic carbocycles. The van der Waals surface area contributed by atoms with E-state index in [0.29, 0.717) is 25.7 Å². The van der Waals surface area contributed by atoms with Gasteiger partial charge in [0.25, 0.3) is 0 Å². The monoisotopic (exact) mass is 1030 g/mol. The van der Waals surface area contributed by atoms with Crippen molar-refractivity contribution in [2.24, 2.45) is 0 Å².